The second-order valence-corrected chi connectivity index (χ2v) is 16.9. The maximum Gasteiger partial charge on any atom is 0.303 e. The van der Waals surface area contributed by atoms with Crippen LogP contribution in [0.3, 0.4) is 0 Å². The number of unbranched alkanes of at least 4 members (excludes halogenated alkanes) is 30. The van der Waals surface area contributed by atoms with Crippen molar-refractivity contribution in [3.63, 3.8) is 0 Å². The summed E-state index contributed by atoms with van der Waals surface area (Å²) < 4.78 is 19.3. The van der Waals surface area contributed by atoms with E-state index in [-0.39, 0.29) is 18.1 Å². The Morgan fingerprint density at radius 2 is 0.717 bits per heavy atom. The molecule has 0 rings (SSSR count). The molecule has 0 aliphatic carbocycles. The first-order valence-corrected chi connectivity index (χ1v) is 24.0. The average Bonchev–Trinajstić information content (AvgIpc) is 3.14. The standard InChI is InChI=1S/C48H96O5/c1-5-8-11-14-16-18-20-22-24-26-28-30-33-36-42-51-44-46(53-48(4,41-38-39-47(49)50)40-35-32-13-10-7-3)45-52-43-37-34-31-29-27-25-23-21-19-17-15-12-9-6-2/h46H,5-45H2,1-4H3,(H,49,50). The molecule has 0 amide bonds. The fourth-order valence-electron chi connectivity index (χ4n) is 7.70. The average molecular weight is 753 g/mol. The molecule has 0 aliphatic heterocycles. The molecule has 318 valence electrons. The van der Waals surface area contributed by atoms with Gasteiger partial charge in [0, 0.05) is 19.6 Å². The number of rotatable bonds is 46. The molecule has 5 nitrogen and oxygen atoms in total. The van der Waals surface area contributed by atoms with E-state index in [0.29, 0.717) is 19.6 Å². The number of carbonyl (C=O) groups is 1. The lowest BCUT2D eigenvalue weighted by molar-refractivity contribution is -0.145. The van der Waals surface area contributed by atoms with Crippen LogP contribution in [0.5, 0.6) is 0 Å². The van der Waals surface area contributed by atoms with Gasteiger partial charge >= 0.3 is 5.97 Å². The lowest BCUT2D eigenvalue weighted by Gasteiger charge is -2.34. The van der Waals surface area contributed by atoms with Gasteiger partial charge in [0.1, 0.15) is 6.10 Å². The van der Waals surface area contributed by atoms with Crippen molar-refractivity contribution in [3.05, 3.63) is 0 Å². The van der Waals surface area contributed by atoms with Crippen molar-refractivity contribution >= 4 is 5.97 Å². The van der Waals surface area contributed by atoms with Crippen LogP contribution in [0, 0.1) is 0 Å². The van der Waals surface area contributed by atoms with Gasteiger partial charge in [-0.05, 0) is 39.0 Å². The van der Waals surface area contributed by atoms with E-state index < -0.39 is 5.97 Å². The van der Waals surface area contributed by atoms with Crippen LogP contribution in [0.1, 0.15) is 265 Å². The molecule has 5 heteroatoms. The third-order valence-electron chi connectivity index (χ3n) is 11.2. The van der Waals surface area contributed by atoms with Crippen LogP contribution in [0.15, 0.2) is 0 Å². The van der Waals surface area contributed by atoms with Crippen molar-refractivity contribution in [1.82, 2.24) is 0 Å². The maximum atomic E-state index is 11.3. The highest BCUT2D eigenvalue weighted by atomic mass is 16.6. The Labute approximate surface area is 332 Å². The van der Waals surface area contributed by atoms with Crippen molar-refractivity contribution < 1.29 is 24.1 Å². The molecule has 0 heterocycles. The van der Waals surface area contributed by atoms with E-state index in [1.807, 2.05) is 0 Å². The minimum atomic E-state index is -0.722. The minimum absolute atomic E-state index is 0.112. The van der Waals surface area contributed by atoms with Gasteiger partial charge in [-0.15, -0.1) is 0 Å². The van der Waals surface area contributed by atoms with Crippen molar-refractivity contribution in [1.29, 1.82) is 0 Å². The fourth-order valence-corrected chi connectivity index (χ4v) is 7.70. The monoisotopic (exact) mass is 753 g/mol. The smallest absolute Gasteiger partial charge is 0.303 e. The van der Waals surface area contributed by atoms with Crippen LogP contribution < -0.4 is 0 Å². The summed E-state index contributed by atoms with van der Waals surface area (Å²) in [5.74, 6) is -0.722. The third-order valence-corrected chi connectivity index (χ3v) is 11.2. The molecular weight excluding hydrogens is 657 g/mol. The van der Waals surface area contributed by atoms with Gasteiger partial charge in [0.05, 0.1) is 18.8 Å². The first-order valence-electron chi connectivity index (χ1n) is 24.0. The van der Waals surface area contributed by atoms with Crippen LogP contribution in [0.4, 0.5) is 0 Å². The second kappa shape index (κ2) is 42.5. The van der Waals surface area contributed by atoms with Gasteiger partial charge in [0.15, 0.2) is 0 Å². The SMILES string of the molecule is CCCCCCCCCCCCCCCCOCC(COCCCCCCCCCCCCCCCC)OC(C)(CCCCCCC)CCCC(=O)O. The number of ether oxygens (including phenoxy) is 3. The highest BCUT2D eigenvalue weighted by molar-refractivity contribution is 5.66. The molecule has 0 aliphatic rings. The zero-order valence-corrected chi connectivity index (χ0v) is 36.6. The summed E-state index contributed by atoms with van der Waals surface area (Å²) in [6.45, 7) is 11.7. The van der Waals surface area contributed by atoms with Gasteiger partial charge < -0.3 is 19.3 Å². The summed E-state index contributed by atoms with van der Waals surface area (Å²) in [4.78, 5) is 11.3. The molecule has 1 N–H and O–H groups in total. The molecule has 0 aromatic carbocycles. The Morgan fingerprint density at radius 3 is 1.04 bits per heavy atom. The van der Waals surface area contributed by atoms with E-state index in [0.717, 1.165) is 45.3 Å². The highest BCUT2D eigenvalue weighted by Gasteiger charge is 2.29. The van der Waals surface area contributed by atoms with Crippen LogP contribution in [-0.2, 0) is 19.0 Å². The van der Waals surface area contributed by atoms with Crippen LogP contribution in [-0.4, -0.2) is 49.2 Å². The Balaban J connectivity index is 4.46. The summed E-state index contributed by atoms with van der Waals surface area (Å²) in [5, 5.41) is 9.30. The number of carboxylic acid groups (broad SMARTS) is 1. The zero-order valence-electron chi connectivity index (χ0n) is 36.6. The molecule has 0 aromatic heterocycles. The Morgan fingerprint density at radius 1 is 0.434 bits per heavy atom. The lowest BCUT2D eigenvalue weighted by atomic mass is 9.91. The topological polar surface area (TPSA) is 65.0 Å². The number of carboxylic acids is 1. The van der Waals surface area contributed by atoms with Crippen molar-refractivity contribution in [2.45, 2.75) is 277 Å². The molecule has 0 spiro atoms. The quantitative estimate of drug-likeness (QED) is 0.0627. The summed E-state index contributed by atoms with van der Waals surface area (Å²) in [6.07, 6.45) is 46.7. The summed E-state index contributed by atoms with van der Waals surface area (Å²) in [6, 6.07) is 0. The summed E-state index contributed by atoms with van der Waals surface area (Å²) in [7, 11) is 0. The molecule has 0 saturated carbocycles. The molecule has 53 heavy (non-hydrogen) atoms. The predicted octanol–water partition coefficient (Wildman–Crippen LogP) is 15.7. The number of hydrogen-bond acceptors (Lipinski definition) is 4. The third kappa shape index (κ3) is 40.8. The van der Waals surface area contributed by atoms with Crippen LogP contribution in [0.2, 0.25) is 0 Å². The van der Waals surface area contributed by atoms with Crippen molar-refractivity contribution in [3.8, 4) is 0 Å². The van der Waals surface area contributed by atoms with E-state index in [2.05, 4.69) is 27.7 Å². The lowest BCUT2D eigenvalue weighted by Crippen LogP contribution is -2.38. The first-order chi connectivity index (χ1) is 26.0. The van der Waals surface area contributed by atoms with Gasteiger partial charge in [-0.1, -0.05) is 220 Å². The molecule has 0 fully saturated rings. The second-order valence-electron chi connectivity index (χ2n) is 16.9. The molecular formula is C48H96O5. The Kier molecular flexibility index (Phi) is 42.0. The number of hydrogen-bond donors (Lipinski definition) is 1. The van der Waals surface area contributed by atoms with E-state index >= 15 is 0 Å². The maximum absolute atomic E-state index is 11.3. The highest BCUT2D eigenvalue weighted by Crippen LogP contribution is 2.28. The first kappa shape index (κ1) is 52.3. The van der Waals surface area contributed by atoms with E-state index in [1.165, 1.54) is 193 Å². The number of aliphatic carboxylic acids is 1. The van der Waals surface area contributed by atoms with E-state index in [4.69, 9.17) is 14.2 Å². The van der Waals surface area contributed by atoms with Gasteiger partial charge in [-0.3, -0.25) is 4.79 Å². The normalized spacial score (nSPS) is 12.9. The van der Waals surface area contributed by atoms with Crippen LogP contribution in [0.25, 0.3) is 0 Å². The van der Waals surface area contributed by atoms with Gasteiger partial charge in [0.25, 0.3) is 0 Å². The summed E-state index contributed by atoms with van der Waals surface area (Å²) >= 11 is 0. The molecule has 0 aromatic rings. The van der Waals surface area contributed by atoms with Crippen molar-refractivity contribution in [2.75, 3.05) is 26.4 Å². The minimum Gasteiger partial charge on any atom is -0.481 e. The van der Waals surface area contributed by atoms with Crippen LogP contribution >= 0.6 is 0 Å². The Bertz CT molecular complexity index is 678. The van der Waals surface area contributed by atoms with Crippen molar-refractivity contribution in [2.24, 2.45) is 0 Å². The largest absolute Gasteiger partial charge is 0.481 e. The molecule has 1 atom stereocenters. The van der Waals surface area contributed by atoms with E-state index in [1.54, 1.807) is 0 Å². The molecule has 0 radical (unpaired) electrons. The predicted molar refractivity (Wildman–Crippen MR) is 230 cm³/mol. The van der Waals surface area contributed by atoms with Gasteiger partial charge in [-0.2, -0.15) is 0 Å². The zero-order chi connectivity index (χ0) is 38.8. The fraction of sp³-hybridized carbons (Fsp3) is 0.979. The van der Waals surface area contributed by atoms with Gasteiger partial charge in [0.2, 0.25) is 0 Å². The molecule has 1 unspecified atom stereocenters. The van der Waals surface area contributed by atoms with E-state index in [9.17, 15) is 9.90 Å². The molecule has 0 bridgehead atoms. The van der Waals surface area contributed by atoms with Gasteiger partial charge in [-0.25, -0.2) is 0 Å². The molecule has 0 saturated heterocycles. The Hall–Kier alpha value is -0.650. The summed E-state index contributed by atoms with van der Waals surface area (Å²) in [5.41, 5.74) is -0.344.